The fourth-order valence-electron chi connectivity index (χ4n) is 0.719. The van der Waals surface area contributed by atoms with Gasteiger partial charge in [-0.2, -0.15) is 4.98 Å². The monoisotopic (exact) mass is 152 g/mol. The van der Waals surface area contributed by atoms with Crippen LogP contribution in [0.15, 0.2) is 12.1 Å². The standard InChI is InChI=1S/C7H8N2O2/c1-11-7-5(4-10)2-3-6(8)9-7/h2-4H,1H3,(H2,8,9). The van der Waals surface area contributed by atoms with Gasteiger partial charge in [-0.1, -0.05) is 0 Å². The van der Waals surface area contributed by atoms with Crippen molar-refractivity contribution in [1.82, 2.24) is 4.98 Å². The van der Waals surface area contributed by atoms with Crippen LogP contribution in [-0.2, 0) is 0 Å². The Morgan fingerprint density at radius 3 is 2.91 bits per heavy atom. The first-order chi connectivity index (χ1) is 5.27. The Hall–Kier alpha value is -1.58. The summed E-state index contributed by atoms with van der Waals surface area (Å²) >= 11 is 0. The molecule has 0 aliphatic carbocycles. The van der Waals surface area contributed by atoms with Crippen molar-refractivity contribution in [2.24, 2.45) is 0 Å². The van der Waals surface area contributed by atoms with Crippen LogP contribution in [0.2, 0.25) is 0 Å². The van der Waals surface area contributed by atoms with Gasteiger partial charge in [-0.15, -0.1) is 0 Å². The van der Waals surface area contributed by atoms with Crippen molar-refractivity contribution in [3.05, 3.63) is 17.7 Å². The number of aldehydes is 1. The van der Waals surface area contributed by atoms with Crippen LogP contribution < -0.4 is 10.5 Å². The van der Waals surface area contributed by atoms with E-state index in [1.54, 1.807) is 12.1 Å². The van der Waals surface area contributed by atoms with Crippen LogP contribution in [0.3, 0.4) is 0 Å². The summed E-state index contributed by atoms with van der Waals surface area (Å²) in [6, 6.07) is 3.11. The maximum absolute atomic E-state index is 10.3. The summed E-state index contributed by atoms with van der Waals surface area (Å²) in [6.07, 6.45) is 0.672. The molecule has 0 aliphatic rings. The molecule has 0 spiro atoms. The van der Waals surface area contributed by atoms with E-state index in [0.717, 1.165) is 0 Å². The molecule has 11 heavy (non-hydrogen) atoms. The number of rotatable bonds is 2. The molecule has 0 unspecified atom stereocenters. The third kappa shape index (κ3) is 1.46. The van der Waals surface area contributed by atoms with Crippen LogP contribution in [-0.4, -0.2) is 18.4 Å². The molecule has 0 aromatic carbocycles. The Balaban J connectivity index is 3.16. The molecular weight excluding hydrogens is 144 g/mol. The molecule has 0 radical (unpaired) electrons. The Labute approximate surface area is 64.0 Å². The number of hydrogen-bond donors (Lipinski definition) is 1. The van der Waals surface area contributed by atoms with E-state index < -0.39 is 0 Å². The lowest BCUT2D eigenvalue weighted by atomic mass is 10.3. The zero-order valence-corrected chi connectivity index (χ0v) is 6.07. The van der Waals surface area contributed by atoms with Crippen molar-refractivity contribution < 1.29 is 9.53 Å². The Morgan fingerprint density at radius 1 is 1.64 bits per heavy atom. The van der Waals surface area contributed by atoms with Crippen LogP contribution >= 0.6 is 0 Å². The molecule has 1 rings (SSSR count). The van der Waals surface area contributed by atoms with Gasteiger partial charge in [0.2, 0.25) is 5.88 Å². The Kier molecular flexibility index (Phi) is 2.06. The minimum Gasteiger partial charge on any atom is -0.480 e. The third-order valence-corrected chi connectivity index (χ3v) is 1.23. The van der Waals surface area contributed by atoms with Gasteiger partial charge >= 0.3 is 0 Å². The van der Waals surface area contributed by atoms with Crippen LogP contribution in [0.4, 0.5) is 5.82 Å². The van der Waals surface area contributed by atoms with Crippen molar-refractivity contribution in [2.45, 2.75) is 0 Å². The molecule has 0 saturated heterocycles. The van der Waals surface area contributed by atoms with E-state index in [1.165, 1.54) is 7.11 Å². The number of nitrogens with two attached hydrogens (primary N) is 1. The quantitative estimate of drug-likeness (QED) is 0.626. The molecule has 1 aromatic rings. The summed E-state index contributed by atoms with van der Waals surface area (Å²) < 4.78 is 4.79. The van der Waals surface area contributed by atoms with Gasteiger partial charge in [0.15, 0.2) is 6.29 Å². The average molecular weight is 152 g/mol. The molecule has 1 aromatic heterocycles. The summed E-state index contributed by atoms with van der Waals surface area (Å²) in [5.41, 5.74) is 5.76. The predicted octanol–water partition coefficient (Wildman–Crippen LogP) is 0.485. The lowest BCUT2D eigenvalue weighted by molar-refractivity contribution is 0.112. The number of anilines is 1. The van der Waals surface area contributed by atoms with Crippen molar-refractivity contribution in [1.29, 1.82) is 0 Å². The van der Waals surface area contributed by atoms with Crippen LogP contribution in [0, 0.1) is 0 Å². The summed E-state index contributed by atoms with van der Waals surface area (Å²) in [6.45, 7) is 0. The lowest BCUT2D eigenvalue weighted by Crippen LogP contribution is -1.97. The highest BCUT2D eigenvalue weighted by Crippen LogP contribution is 2.13. The average Bonchev–Trinajstić information content (AvgIpc) is 2.04. The predicted molar refractivity (Wildman–Crippen MR) is 40.6 cm³/mol. The van der Waals surface area contributed by atoms with E-state index in [9.17, 15) is 4.79 Å². The van der Waals surface area contributed by atoms with E-state index >= 15 is 0 Å². The molecule has 1 heterocycles. The number of hydrogen-bond acceptors (Lipinski definition) is 4. The van der Waals surface area contributed by atoms with E-state index in [2.05, 4.69) is 4.98 Å². The van der Waals surface area contributed by atoms with Crippen LogP contribution in [0.1, 0.15) is 10.4 Å². The first kappa shape index (κ1) is 7.53. The normalized spacial score (nSPS) is 9.18. The number of nitrogen functional groups attached to an aromatic ring is 1. The third-order valence-electron chi connectivity index (χ3n) is 1.23. The Morgan fingerprint density at radius 2 is 2.36 bits per heavy atom. The highest BCUT2D eigenvalue weighted by atomic mass is 16.5. The molecule has 0 bridgehead atoms. The molecule has 0 saturated carbocycles. The summed E-state index contributed by atoms with van der Waals surface area (Å²) in [7, 11) is 1.44. The summed E-state index contributed by atoms with van der Waals surface area (Å²) in [5.74, 6) is 0.604. The number of methoxy groups -OCH3 is 1. The second kappa shape index (κ2) is 3.01. The number of carbonyl (C=O) groups is 1. The van der Waals surface area contributed by atoms with Crippen LogP contribution in [0.25, 0.3) is 0 Å². The van der Waals surface area contributed by atoms with E-state index in [1.807, 2.05) is 0 Å². The topological polar surface area (TPSA) is 65.2 Å². The van der Waals surface area contributed by atoms with Crippen molar-refractivity contribution >= 4 is 12.1 Å². The van der Waals surface area contributed by atoms with Crippen molar-refractivity contribution in [3.8, 4) is 5.88 Å². The molecular formula is C7H8N2O2. The zero-order valence-electron chi connectivity index (χ0n) is 6.07. The number of nitrogens with zero attached hydrogens (tertiary/aromatic N) is 1. The summed E-state index contributed by atoms with van der Waals surface area (Å²) in [4.78, 5) is 14.1. The minimum atomic E-state index is 0.264. The summed E-state index contributed by atoms with van der Waals surface area (Å²) in [5, 5.41) is 0. The van der Waals surface area contributed by atoms with E-state index in [0.29, 0.717) is 17.7 Å². The SMILES string of the molecule is COc1nc(N)ccc1C=O. The van der Waals surface area contributed by atoms with Gasteiger partial charge in [-0.25, -0.2) is 0 Å². The first-order valence-corrected chi connectivity index (χ1v) is 3.03. The minimum absolute atomic E-state index is 0.264. The van der Waals surface area contributed by atoms with Gasteiger partial charge in [-0.3, -0.25) is 4.79 Å². The van der Waals surface area contributed by atoms with Gasteiger partial charge in [-0.05, 0) is 12.1 Å². The zero-order chi connectivity index (χ0) is 8.27. The molecule has 0 amide bonds. The van der Waals surface area contributed by atoms with Gasteiger partial charge in [0.25, 0.3) is 0 Å². The maximum atomic E-state index is 10.3. The van der Waals surface area contributed by atoms with Gasteiger partial charge in [0.1, 0.15) is 5.82 Å². The molecule has 0 aliphatic heterocycles. The van der Waals surface area contributed by atoms with Gasteiger partial charge in [0, 0.05) is 0 Å². The molecule has 4 nitrogen and oxygen atoms in total. The maximum Gasteiger partial charge on any atom is 0.225 e. The second-order valence-electron chi connectivity index (χ2n) is 1.95. The van der Waals surface area contributed by atoms with Gasteiger partial charge < -0.3 is 10.5 Å². The number of ether oxygens (including phenoxy) is 1. The first-order valence-electron chi connectivity index (χ1n) is 3.03. The van der Waals surface area contributed by atoms with E-state index in [-0.39, 0.29) is 5.88 Å². The molecule has 0 fully saturated rings. The highest BCUT2D eigenvalue weighted by Gasteiger charge is 2.01. The lowest BCUT2D eigenvalue weighted by Gasteiger charge is -2.01. The molecule has 4 heteroatoms. The van der Waals surface area contributed by atoms with Crippen molar-refractivity contribution in [2.75, 3.05) is 12.8 Å². The number of carbonyl (C=O) groups excluding carboxylic acids is 1. The largest absolute Gasteiger partial charge is 0.480 e. The molecule has 58 valence electrons. The van der Waals surface area contributed by atoms with Crippen LogP contribution in [0.5, 0.6) is 5.88 Å². The van der Waals surface area contributed by atoms with Gasteiger partial charge in [0.05, 0.1) is 12.7 Å². The van der Waals surface area contributed by atoms with Crippen molar-refractivity contribution in [3.63, 3.8) is 0 Å². The number of aromatic nitrogens is 1. The van der Waals surface area contributed by atoms with E-state index in [4.69, 9.17) is 10.5 Å². The second-order valence-corrected chi connectivity index (χ2v) is 1.95. The number of pyridine rings is 1. The molecule has 0 atom stereocenters. The fraction of sp³-hybridized carbons (Fsp3) is 0.143. The Bertz CT molecular complexity index is 273. The highest BCUT2D eigenvalue weighted by molar-refractivity contribution is 5.78. The molecule has 2 N–H and O–H groups in total. The fourth-order valence-corrected chi connectivity index (χ4v) is 0.719. The smallest absolute Gasteiger partial charge is 0.225 e.